The molecule has 0 amide bonds. The fourth-order valence-electron chi connectivity index (χ4n) is 4.50. The number of hydrogen-bond acceptors (Lipinski definition) is 11. The first-order valence-corrected chi connectivity index (χ1v) is 18.6. The van der Waals surface area contributed by atoms with Crippen molar-refractivity contribution < 1.29 is 52.2 Å². The van der Waals surface area contributed by atoms with Gasteiger partial charge < -0.3 is 47.4 Å². The van der Waals surface area contributed by atoms with E-state index in [4.69, 9.17) is 47.4 Å². The molecular weight excluding hydrogens is 608 g/mol. The number of rotatable bonds is 42. The van der Waals surface area contributed by atoms with Crippen LogP contribution in [0.4, 0.5) is 0 Å². The summed E-state index contributed by atoms with van der Waals surface area (Å²) in [6, 6.07) is 0. The Bertz CT molecular complexity index is 583. The molecular formula is C36H72O11. The van der Waals surface area contributed by atoms with Crippen molar-refractivity contribution in [3.8, 4) is 0 Å². The van der Waals surface area contributed by atoms with Crippen LogP contribution >= 0.6 is 0 Å². The highest BCUT2D eigenvalue weighted by Crippen LogP contribution is 2.13. The Balaban J connectivity index is 3.04. The maximum absolute atomic E-state index is 10.6. The normalized spacial score (nSPS) is 11.4. The summed E-state index contributed by atoms with van der Waals surface area (Å²) in [6.45, 7) is 13.6. The second-order valence-corrected chi connectivity index (χ2v) is 11.4. The first-order chi connectivity index (χ1) is 23.3. The number of carbonyl (C=O) groups is 1. The van der Waals surface area contributed by atoms with Gasteiger partial charge in [0.2, 0.25) is 0 Å². The van der Waals surface area contributed by atoms with Gasteiger partial charge in [0.25, 0.3) is 0 Å². The topological polar surface area (TPSA) is 109 Å². The van der Waals surface area contributed by atoms with Gasteiger partial charge in [0, 0.05) is 13.5 Å². The highest BCUT2D eigenvalue weighted by molar-refractivity contribution is 5.65. The van der Waals surface area contributed by atoms with Crippen molar-refractivity contribution >= 4 is 5.97 Å². The molecule has 0 atom stereocenters. The maximum Gasteiger partial charge on any atom is 0.302 e. The van der Waals surface area contributed by atoms with Crippen LogP contribution < -0.4 is 0 Å². The molecule has 0 bridgehead atoms. The van der Waals surface area contributed by atoms with Gasteiger partial charge in [-0.05, 0) is 6.42 Å². The molecule has 47 heavy (non-hydrogen) atoms. The van der Waals surface area contributed by atoms with Crippen molar-refractivity contribution in [1.82, 2.24) is 0 Å². The maximum atomic E-state index is 10.6. The van der Waals surface area contributed by atoms with Crippen LogP contribution in [0.2, 0.25) is 0 Å². The van der Waals surface area contributed by atoms with E-state index in [1.165, 1.54) is 90.4 Å². The van der Waals surface area contributed by atoms with Crippen LogP contribution in [-0.2, 0) is 52.2 Å². The van der Waals surface area contributed by atoms with Crippen LogP contribution in [0.15, 0.2) is 0 Å². The summed E-state index contributed by atoms with van der Waals surface area (Å²) in [5, 5.41) is 0. The van der Waals surface area contributed by atoms with E-state index in [2.05, 4.69) is 6.92 Å². The van der Waals surface area contributed by atoms with Crippen molar-refractivity contribution in [2.75, 3.05) is 126 Å². The highest BCUT2D eigenvalue weighted by atomic mass is 16.6. The van der Waals surface area contributed by atoms with Crippen molar-refractivity contribution in [3.05, 3.63) is 0 Å². The minimum atomic E-state index is -0.305. The summed E-state index contributed by atoms with van der Waals surface area (Å²) in [7, 11) is 0. The molecule has 0 aromatic rings. The molecule has 0 heterocycles. The zero-order valence-corrected chi connectivity index (χ0v) is 30.3. The quantitative estimate of drug-likeness (QED) is 0.0545. The molecule has 0 fully saturated rings. The van der Waals surface area contributed by atoms with Gasteiger partial charge in [0.1, 0.15) is 6.61 Å². The van der Waals surface area contributed by atoms with E-state index in [0.29, 0.717) is 112 Å². The lowest BCUT2D eigenvalue weighted by Crippen LogP contribution is -2.15. The Labute approximate surface area is 287 Å². The molecule has 0 radical (unpaired) electrons. The zero-order chi connectivity index (χ0) is 34.0. The van der Waals surface area contributed by atoms with Crippen LogP contribution in [0.25, 0.3) is 0 Å². The molecule has 0 spiro atoms. The van der Waals surface area contributed by atoms with E-state index in [-0.39, 0.29) is 12.6 Å². The highest BCUT2D eigenvalue weighted by Gasteiger charge is 1.98. The Morgan fingerprint density at radius 1 is 0.298 bits per heavy atom. The lowest BCUT2D eigenvalue weighted by molar-refractivity contribution is -0.142. The van der Waals surface area contributed by atoms with Gasteiger partial charge in [-0.1, -0.05) is 90.4 Å². The summed E-state index contributed by atoms with van der Waals surface area (Å²) < 4.78 is 54.1. The first-order valence-electron chi connectivity index (χ1n) is 18.6. The Hall–Kier alpha value is -0.890. The fourth-order valence-corrected chi connectivity index (χ4v) is 4.50. The van der Waals surface area contributed by atoms with E-state index < -0.39 is 0 Å². The lowest BCUT2D eigenvalue weighted by atomic mass is 10.0. The number of carbonyl (C=O) groups excluding carboxylic acids is 1. The monoisotopic (exact) mass is 681 g/mol. The number of hydrogen-bond donors (Lipinski definition) is 0. The lowest BCUT2D eigenvalue weighted by Gasteiger charge is -2.09. The Kier molecular flexibility index (Phi) is 42.3. The summed E-state index contributed by atoms with van der Waals surface area (Å²) in [6.07, 6.45) is 19.2. The first kappa shape index (κ1) is 46.1. The zero-order valence-electron chi connectivity index (χ0n) is 30.3. The Morgan fingerprint density at radius 2 is 0.511 bits per heavy atom. The van der Waals surface area contributed by atoms with E-state index in [1.54, 1.807) is 0 Å². The molecule has 11 heteroatoms. The number of esters is 1. The summed E-state index contributed by atoms with van der Waals surface area (Å²) >= 11 is 0. The van der Waals surface area contributed by atoms with Crippen molar-refractivity contribution in [2.24, 2.45) is 0 Å². The molecule has 0 aliphatic carbocycles. The molecule has 0 rings (SSSR count). The molecule has 0 unspecified atom stereocenters. The van der Waals surface area contributed by atoms with Gasteiger partial charge >= 0.3 is 5.97 Å². The summed E-state index contributed by atoms with van der Waals surface area (Å²) in [4.78, 5) is 10.6. The van der Waals surface area contributed by atoms with Gasteiger partial charge in [0.15, 0.2) is 0 Å². The van der Waals surface area contributed by atoms with Gasteiger partial charge in [0.05, 0.1) is 112 Å². The molecule has 282 valence electrons. The van der Waals surface area contributed by atoms with Crippen molar-refractivity contribution in [3.63, 3.8) is 0 Å². The molecule has 0 aromatic carbocycles. The molecule has 0 aliphatic heterocycles. The van der Waals surface area contributed by atoms with E-state index in [1.807, 2.05) is 0 Å². The minimum Gasteiger partial charge on any atom is -0.463 e. The van der Waals surface area contributed by atoms with Crippen LogP contribution in [0.5, 0.6) is 0 Å². The van der Waals surface area contributed by atoms with Crippen LogP contribution in [0.3, 0.4) is 0 Å². The summed E-state index contributed by atoms with van der Waals surface area (Å²) in [5.74, 6) is -0.305. The molecule has 0 aromatic heterocycles. The Morgan fingerprint density at radius 3 is 0.766 bits per heavy atom. The average molecular weight is 681 g/mol. The predicted molar refractivity (Wildman–Crippen MR) is 184 cm³/mol. The summed E-state index contributed by atoms with van der Waals surface area (Å²) in [5.41, 5.74) is 0. The van der Waals surface area contributed by atoms with Crippen LogP contribution in [-0.4, -0.2) is 132 Å². The number of ether oxygens (including phenoxy) is 10. The molecule has 0 aliphatic rings. The minimum absolute atomic E-state index is 0.264. The van der Waals surface area contributed by atoms with Crippen LogP contribution in [0, 0.1) is 0 Å². The van der Waals surface area contributed by atoms with E-state index in [9.17, 15) is 4.79 Å². The van der Waals surface area contributed by atoms with Crippen LogP contribution in [0.1, 0.15) is 104 Å². The van der Waals surface area contributed by atoms with Gasteiger partial charge in [-0.3, -0.25) is 4.79 Å². The third-order valence-electron chi connectivity index (χ3n) is 7.15. The second-order valence-electron chi connectivity index (χ2n) is 11.4. The fraction of sp³-hybridized carbons (Fsp3) is 0.972. The third kappa shape index (κ3) is 45.1. The molecule has 0 saturated carbocycles. The smallest absolute Gasteiger partial charge is 0.302 e. The molecule has 0 saturated heterocycles. The SMILES string of the molecule is CCCCCCCCCCCCCCCCOCCOCCOCCOCCOCCOCCOCCOCCOCCOC(C)=O. The van der Waals surface area contributed by atoms with Crippen molar-refractivity contribution in [2.45, 2.75) is 104 Å². The third-order valence-corrected chi connectivity index (χ3v) is 7.15. The molecule has 11 nitrogen and oxygen atoms in total. The second kappa shape index (κ2) is 43.1. The largest absolute Gasteiger partial charge is 0.463 e. The van der Waals surface area contributed by atoms with Gasteiger partial charge in [-0.15, -0.1) is 0 Å². The van der Waals surface area contributed by atoms with E-state index >= 15 is 0 Å². The average Bonchev–Trinajstić information content (AvgIpc) is 3.07. The van der Waals surface area contributed by atoms with Gasteiger partial charge in [-0.25, -0.2) is 0 Å². The van der Waals surface area contributed by atoms with Crippen molar-refractivity contribution in [1.29, 1.82) is 0 Å². The number of unbranched alkanes of at least 4 members (excludes halogenated alkanes) is 13. The van der Waals surface area contributed by atoms with E-state index in [0.717, 1.165) is 13.0 Å². The standard InChI is InChI=1S/C36H72O11/c1-3-4-5-6-7-8-9-10-11-12-13-14-15-16-17-38-18-19-39-20-21-40-22-23-41-24-25-42-26-27-43-28-29-44-30-31-45-32-33-46-34-35-47-36(2)37/h3-35H2,1-2H3. The van der Waals surface area contributed by atoms with Gasteiger partial charge in [-0.2, -0.15) is 0 Å². The molecule has 0 N–H and O–H groups in total. The predicted octanol–water partition coefficient (Wildman–Crippen LogP) is 6.18.